The molecular formula is C25H22N2O4S. The first-order chi connectivity index (χ1) is 15.2. The monoisotopic (exact) mass is 446 g/mol. The van der Waals surface area contributed by atoms with E-state index in [9.17, 15) is 9.59 Å². The van der Waals surface area contributed by atoms with Crippen LogP contribution in [0.2, 0.25) is 0 Å². The van der Waals surface area contributed by atoms with Crippen molar-refractivity contribution in [3.05, 3.63) is 81.5 Å². The predicted octanol–water partition coefficient (Wildman–Crippen LogP) is 5.80. The molecule has 1 N–H and O–H groups in total. The lowest BCUT2D eigenvalue weighted by Gasteiger charge is -2.09. The molecule has 162 valence electrons. The highest BCUT2D eigenvalue weighted by atomic mass is 32.2. The molecule has 1 saturated heterocycles. The average Bonchev–Trinajstić information content (AvgIpc) is 3.31. The number of para-hydroxylation sites is 1. The second kappa shape index (κ2) is 8.51. The molecule has 0 atom stereocenters. The van der Waals surface area contributed by atoms with Crippen LogP contribution in [0, 0.1) is 20.8 Å². The Morgan fingerprint density at radius 1 is 1.06 bits per heavy atom. The van der Waals surface area contributed by atoms with Crippen LogP contribution in [0.1, 0.15) is 32.8 Å². The minimum atomic E-state index is -0.969. The van der Waals surface area contributed by atoms with Gasteiger partial charge in [0.25, 0.3) is 5.91 Å². The van der Waals surface area contributed by atoms with E-state index < -0.39 is 5.97 Å². The third kappa shape index (κ3) is 4.11. The van der Waals surface area contributed by atoms with Crippen molar-refractivity contribution >= 4 is 40.6 Å². The quantitative estimate of drug-likeness (QED) is 0.512. The van der Waals surface area contributed by atoms with E-state index in [2.05, 4.69) is 0 Å². The molecule has 6 nitrogen and oxygen atoms in total. The van der Waals surface area contributed by atoms with E-state index in [1.54, 1.807) is 42.3 Å². The molecule has 0 saturated carbocycles. The van der Waals surface area contributed by atoms with Crippen LogP contribution in [0.5, 0.6) is 0 Å². The van der Waals surface area contributed by atoms with Crippen LogP contribution < -0.4 is 0 Å². The number of hydrogen-bond donors (Lipinski definition) is 1. The number of amides is 1. The summed E-state index contributed by atoms with van der Waals surface area (Å²) in [6, 6.07) is 14.5. The average molecular weight is 447 g/mol. The lowest BCUT2D eigenvalue weighted by Crippen LogP contribution is -2.23. The number of nitrogens with zero attached hydrogens (tertiary/aromatic N) is 2. The van der Waals surface area contributed by atoms with Crippen molar-refractivity contribution in [1.29, 1.82) is 0 Å². The maximum atomic E-state index is 12.8. The van der Waals surface area contributed by atoms with Crippen LogP contribution >= 0.6 is 11.8 Å². The van der Waals surface area contributed by atoms with E-state index in [1.807, 2.05) is 45.0 Å². The molecule has 4 rings (SSSR count). The van der Waals surface area contributed by atoms with Crippen LogP contribution in [0.4, 0.5) is 5.69 Å². The number of rotatable bonds is 4. The molecular weight excluding hydrogens is 424 g/mol. The molecule has 0 aliphatic carbocycles. The molecule has 1 fully saturated rings. The van der Waals surface area contributed by atoms with Crippen LogP contribution in [-0.2, 0) is 4.79 Å². The Morgan fingerprint density at radius 2 is 1.78 bits per heavy atom. The molecule has 2 aromatic carbocycles. The van der Waals surface area contributed by atoms with E-state index in [1.165, 1.54) is 11.8 Å². The molecule has 0 unspecified atom stereocenters. The molecule has 32 heavy (non-hydrogen) atoms. The van der Waals surface area contributed by atoms with Gasteiger partial charge in [0, 0.05) is 18.7 Å². The van der Waals surface area contributed by atoms with E-state index in [0.717, 1.165) is 27.9 Å². The Hall–Kier alpha value is -3.58. The number of thioether (sulfide) groups is 1. The molecule has 0 radical (unpaired) electrons. The predicted molar refractivity (Wildman–Crippen MR) is 127 cm³/mol. The molecule has 1 aromatic heterocycles. The van der Waals surface area contributed by atoms with Crippen molar-refractivity contribution in [3.8, 4) is 11.3 Å². The zero-order valence-corrected chi connectivity index (χ0v) is 19.0. The van der Waals surface area contributed by atoms with Gasteiger partial charge >= 0.3 is 5.97 Å². The Kier molecular flexibility index (Phi) is 5.76. The number of furan rings is 1. The zero-order chi connectivity index (χ0) is 23.0. The molecule has 1 aliphatic heterocycles. The van der Waals surface area contributed by atoms with Crippen LogP contribution in [0.15, 0.2) is 62.8 Å². The summed E-state index contributed by atoms with van der Waals surface area (Å²) < 4.78 is 5.94. The third-order valence-corrected chi connectivity index (χ3v) is 6.35. The number of carbonyl (C=O) groups excluding carboxylic acids is 1. The Balaban J connectivity index is 1.62. The Labute approximate surface area is 190 Å². The van der Waals surface area contributed by atoms with Gasteiger partial charge in [0.05, 0.1) is 16.2 Å². The van der Waals surface area contributed by atoms with Crippen LogP contribution in [0.25, 0.3) is 17.4 Å². The van der Waals surface area contributed by atoms with Gasteiger partial charge in [-0.2, -0.15) is 0 Å². The number of hydrogen-bond acceptors (Lipinski definition) is 5. The minimum absolute atomic E-state index is 0.139. The number of carboxylic acids is 1. The first-order valence-electron chi connectivity index (χ1n) is 10.0. The van der Waals surface area contributed by atoms with Crippen molar-refractivity contribution < 1.29 is 19.1 Å². The first-order valence-corrected chi connectivity index (χ1v) is 10.8. The fourth-order valence-electron chi connectivity index (χ4n) is 3.51. The van der Waals surface area contributed by atoms with Gasteiger partial charge < -0.3 is 9.52 Å². The lowest BCUT2D eigenvalue weighted by atomic mass is 10.0. The van der Waals surface area contributed by atoms with Crippen molar-refractivity contribution in [2.24, 2.45) is 4.99 Å². The van der Waals surface area contributed by atoms with Gasteiger partial charge in [-0.15, -0.1) is 0 Å². The molecule has 1 aliphatic rings. The summed E-state index contributed by atoms with van der Waals surface area (Å²) in [5.41, 5.74) is 4.81. The van der Waals surface area contributed by atoms with Gasteiger partial charge in [-0.3, -0.25) is 9.69 Å². The fraction of sp³-hybridized carbons (Fsp3) is 0.160. The van der Waals surface area contributed by atoms with Gasteiger partial charge in [0.2, 0.25) is 0 Å². The van der Waals surface area contributed by atoms with E-state index >= 15 is 0 Å². The van der Waals surface area contributed by atoms with E-state index in [0.29, 0.717) is 21.6 Å². The number of aryl methyl sites for hydroxylation is 3. The lowest BCUT2D eigenvalue weighted by molar-refractivity contribution is -0.121. The van der Waals surface area contributed by atoms with Crippen molar-refractivity contribution in [1.82, 2.24) is 4.90 Å². The van der Waals surface area contributed by atoms with Crippen molar-refractivity contribution in [2.75, 3.05) is 7.05 Å². The SMILES string of the molecule is Cc1cc(C(=O)O)ccc1-c1ccc(/C=C2\SC(=Nc3c(C)cccc3C)N(C)C2=O)o1. The Morgan fingerprint density at radius 3 is 2.44 bits per heavy atom. The summed E-state index contributed by atoms with van der Waals surface area (Å²) in [5, 5.41) is 9.76. The highest BCUT2D eigenvalue weighted by Gasteiger charge is 2.31. The van der Waals surface area contributed by atoms with Crippen LogP contribution in [0.3, 0.4) is 0 Å². The van der Waals surface area contributed by atoms with Gasteiger partial charge in [0.15, 0.2) is 5.17 Å². The molecule has 0 spiro atoms. The minimum Gasteiger partial charge on any atom is -0.478 e. The topological polar surface area (TPSA) is 83.1 Å². The van der Waals surface area contributed by atoms with Gasteiger partial charge in [-0.05, 0) is 73.5 Å². The normalized spacial score (nSPS) is 16.4. The van der Waals surface area contributed by atoms with Gasteiger partial charge in [-0.25, -0.2) is 9.79 Å². The number of carboxylic acid groups (broad SMARTS) is 1. The van der Waals surface area contributed by atoms with Gasteiger partial charge in [-0.1, -0.05) is 24.3 Å². The summed E-state index contributed by atoms with van der Waals surface area (Å²) in [7, 11) is 1.71. The number of likely N-dealkylation sites (N-methyl/N-ethyl adjacent to an activating group) is 1. The summed E-state index contributed by atoms with van der Waals surface area (Å²) in [5.74, 6) is 0.0440. The molecule has 1 amide bonds. The van der Waals surface area contributed by atoms with Crippen LogP contribution in [-0.4, -0.2) is 34.1 Å². The highest BCUT2D eigenvalue weighted by Crippen LogP contribution is 2.35. The highest BCUT2D eigenvalue weighted by molar-refractivity contribution is 8.18. The fourth-order valence-corrected chi connectivity index (χ4v) is 4.46. The second-order valence-electron chi connectivity index (χ2n) is 7.65. The van der Waals surface area contributed by atoms with E-state index in [-0.39, 0.29) is 11.5 Å². The number of benzene rings is 2. The maximum absolute atomic E-state index is 12.8. The maximum Gasteiger partial charge on any atom is 0.335 e. The van der Waals surface area contributed by atoms with Crippen molar-refractivity contribution in [2.45, 2.75) is 20.8 Å². The summed E-state index contributed by atoms with van der Waals surface area (Å²) >= 11 is 1.31. The third-order valence-electron chi connectivity index (χ3n) is 5.29. The molecule has 2 heterocycles. The van der Waals surface area contributed by atoms with Crippen molar-refractivity contribution in [3.63, 3.8) is 0 Å². The zero-order valence-electron chi connectivity index (χ0n) is 18.2. The van der Waals surface area contributed by atoms with Gasteiger partial charge in [0.1, 0.15) is 11.5 Å². The largest absolute Gasteiger partial charge is 0.478 e. The van der Waals surface area contributed by atoms with E-state index in [4.69, 9.17) is 14.5 Å². The molecule has 3 aromatic rings. The molecule has 7 heteroatoms. The molecule has 0 bridgehead atoms. The number of amidine groups is 1. The standard InChI is InChI=1S/C25H22N2O4S/c1-14-6-5-7-15(2)22(14)26-25-27(4)23(28)21(32-25)13-18-9-11-20(31-18)19-10-8-17(24(29)30)12-16(19)3/h5-13H,1-4H3,(H,29,30)/b21-13-,26-25?. The summed E-state index contributed by atoms with van der Waals surface area (Å²) in [6.45, 7) is 5.84. The number of aromatic carboxylic acids is 1. The second-order valence-corrected chi connectivity index (χ2v) is 8.66. The first kappa shape index (κ1) is 21.6. The summed E-state index contributed by atoms with van der Waals surface area (Å²) in [4.78, 5) is 30.7. The Bertz CT molecular complexity index is 1280. The number of aliphatic imine (C=N–C) groups is 1. The summed E-state index contributed by atoms with van der Waals surface area (Å²) in [6.07, 6.45) is 1.71. The number of carbonyl (C=O) groups is 2. The smallest absolute Gasteiger partial charge is 0.335 e.